The second-order valence-electron chi connectivity index (χ2n) is 7.94. The van der Waals surface area contributed by atoms with E-state index in [0.29, 0.717) is 17.9 Å². The Bertz CT molecular complexity index is 1440. The van der Waals surface area contributed by atoms with Gasteiger partial charge in [-0.25, -0.2) is 0 Å². The highest BCUT2D eigenvalue weighted by molar-refractivity contribution is 14.1. The Morgan fingerprint density at radius 1 is 1.00 bits per heavy atom. The first-order valence-electron chi connectivity index (χ1n) is 10.8. The molecule has 1 amide bonds. The topological polar surface area (TPSA) is 41.9 Å². The van der Waals surface area contributed by atoms with Crippen molar-refractivity contribution >= 4 is 72.7 Å². The Morgan fingerprint density at radius 2 is 1.74 bits per heavy atom. The van der Waals surface area contributed by atoms with Gasteiger partial charge in [-0.1, -0.05) is 60.7 Å². The molecular formula is C28H20BrIN2O2. The fraction of sp³-hybridized carbons (Fsp3) is 0.0714. The number of amides is 1. The summed E-state index contributed by atoms with van der Waals surface area (Å²) in [5.74, 6) is 0.649. The zero-order valence-corrected chi connectivity index (χ0v) is 22.1. The Balaban J connectivity index is 1.39. The SMILES string of the molecule is CC1=NN(c2ccccc2)C(=O)/C1=C/c1cc(Br)c(OCc2cccc3ccccc23)c(I)c1. The number of carbonyl (C=O) groups excluding carboxylic acids is 1. The van der Waals surface area contributed by atoms with Gasteiger partial charge in [0, 0.05) is 0 Å². The van der Waals surface area contributed by atoms with Crippen LogP contribution in [0, 0.1) is 3.57 Å². The van der Waals surface area contributed by atoms with E-state index in [9.17, 15) is 4.79 Å². The molecule has 0 aliphatic carbocycles. The van der Waals surface area contributed by atoms with Crippen molar-refractivity contribution in [2.45, 2.75) is 13.5 Å². The highest BCUT2D eigenvalue weighted by atomic mass is 127. The van der Waals surface area contributed by atoms with Gasteiger partial charge in [0.15, 0.2) is 0 Å². The smallest absolute Gasteiger partial charge is 0.280 e. The molecule has 0 fully saturated rings. The van der Waals surface area contributed by atoms with Crippen LogP contribution in [0.25, 0.3) is 16.8 Å². The standard InChI is InChI=1S/C28H20BrIN2O2/c1-18-24(28(33)32(31-18)22-11-3-2-4-12-22)14-19-15-25(29)27(26(30)16-19)34-17-21-10-7-9-20-8-5-6-13-23(20)21/h2-16H,17H2,1H3/b24-14+. The van der Waals surface area contributed by atoms with Gasteiger partial charge in [-0.15, -0.1) is 0 Å². The molecule has 168 valence electrons. The van der Waals surface area contributed by atoms with E-state index in [2.05, 4.69) is 74.0 Å². The lowest BCUT2D eigenvalue weighted by Crippen LogP contribution is -2.21. The minimum atomic E-state index is -0.133. The highest BCUT2D eigenvalue weighted by Gasteiger charge is 2.28. The summed E-state index contributed by atoms with van der Waals surface area (Å²) in [5, 5.41) is 8.29. The first-order chi connectivity index (χ1) is 16.5. The van der Waals surface area contributed by atoms with E-state index < -0.39 is 0 Å². The van der Waals surface area contributed by atoms with Crippen LogP contribution in [-0.2, 0) is 11.4 Å². The summed E-state index contributed by atoms with van der Waals surface area (Å²) in [6.07, 6.45) is 1.88. The number of para-hydroxylation sites is 1. The van der Waals surface area contributed by atoms with Crippen LogP contribution in [0.5, 0.6) is 5.75 Å². The van der Waals surface area contributed by atoms with Crippen molar-refractivity contribution in [2.24, 2.45) is 5.10 Å². The maximum atomic E-state index is 13.0. The number of nitrogens with zero attached hydrogens (tertiary/aromatic N) is 2. The van der Waals surface area contributed by atoms with Crippen molar-refractivity contribution in [1.82, 2.24) is 0 Å². The molecule has 0 aromatic heterocycles. The summed E-state index contributed by atoms with van der Waals surface area (Å²) < 4.78 is 8.03. The van der Waals surface area contributed by atoms with Crippen molar-refractivity contribution in [1.29, 1.82) is 0 Å². The maximum Gasteiger partial charge on any atom is 0.280 e. The molecule has 0 unspecified atom stereocenters. The van der Waals surface area contributed by atoms with Crippen LogP contribution in [0.1, 0.15) is 18.1 Å². The lowest BCUT2D eigenvalue weighted by Gasteiger charge is -2.13. The molecule has 34 heavy (non-hydrogen) atoms. The molecule has 1 aliphatic heterocycles. The predicted octanol–water partition coefficient (Wildman–Crippen LogP) is 7.59. The van der Waals surface area contributed by atoms with Crippen LogP contribution in [0.15, 0.2) is 100 Å². The van der Waals surface area contributed by atoms with Crippen LogP contribution in [0.3, 0.4) is 0 Å². The molecule has 4 nitrogen and oxygen atoms in total. The molecule has 4 aromatic rings. The first-order valence-corrected chi connectivity index (χ1v) is 12.6. The molecule has 5 rings (SSSR count). The highest BCUT2D eigenvalue weighted by Crippen LogP contribution is 2.34. The van der Waals surface area contributed by atoms with E-state index in [1.807, 2.05) is 67.6 Å². The third-order valence-corrected chi connectivity index (χ3v) is 7.04. The predicted molar refractivity (Wildman–Crippen MR) is 150 cm³/mol. The minimum absolute atomic E-state index is 0.133. The Labute approximate surface area is 220 Å². The van der Waals surface area contributed by atoms with Gasteiger partial charge in [0.05, 0.1) is 25.0 Å². The second-order valence-corrected chi connectivity index (χ2v) is 9.95. The van der Waals surface area contributed by atoms with Crippen LogP contribution < -0.4 is 9.75 Å². The van der Waals surface area contributed by atoms with Gasteiger partial charge in [0.25, 0.3) is 5.91 Å². The van der Waals surface area contributed by atoms with Gasteiger partial charge in [-0.2, -0.15) is 10.1 Å². The van der Waals surface area contributed by atoms with E-state index in [0.717, 1.165) is 30.6 Å². The van der Waals surface area contributed by atoms with E-state index >= 15 is 0 Å². The minimum Gasteiger partial charge on any atom is -0.487 e. The third-order valence-electron chi connectivity index (χ3n) is 5.65. The van der Waals surface area contributed by atoms with Crippen molar-refractivity contribution < 1.29 is 9.53 Å². The molecule has 0 radical (unpaired) electrons. The van der Waals surface area contributed by atoms with Crippen LogP contribution >= 0.6 is 38.5 Å². The first kappa shape index (κ1) is 22.8. The average molecular weight is 623 g/mol. The molecule has 0 saturated heterocycles. The van der Waals surface area contributed by atoms with Crippen molar-refractivity contribution in [3.8, 4) is 5.75 Å². The summed E-state index contributed by atoms with van der Waals surface area (Å²) in [5.41, 5.74) is 4.06. The Hall–Kier alpha value is -2.97. The maximum absolute atomic E-state index is 13.0. The lowest BCUT2D eigenvalue weighted by molar-refractivity contribution is -0.114. The number of rotatable bonds is 5. The monoisotopic (exact) mass is 622 g/mol. The normalized spacial score (nSPS) is 14.7. The summed E-state index contributed by atoms with van der Waals surface area (Å²) in [4.78, 5) is 13.0. The molecule has 0 saturated carbocycles. The number of hydrogen-bond donors (Lipinski definition) is 0. The second kappa shape index (κ2) is 9.72. The van der Waals surface area contributed by atoms with Crippen molar-refractivity contribution in [3.05, 3.63) is 110 Å². The van der Waals surface area contributed by atoms with Gasteiger partial charge >= 0.3 is 0 Å². The van der Waals surface area contributed by atoms with Crippen LogP contribution in [0.2, 0.25) is 0 Å². The number of carbonyl (C=O) groups is 1. The van der Waals surface area contributed by atoms with Gasteiger partial charge in [0.1, 0.15) is 12.4 Å². The number of hydrazone groups is 1. The molecule has 6 heteroatoms. The fourth-order valence-corrected chi connectivity index (χ4v) is 5.73. The summed E-state index contributed by atoms with van der Waals surface area (Å²) in [6, 6.07) is 28.0. The quantitative estimate of drug-likeness (QED) is 0.170. The van der Waals surface area contributed by atoms with E-state index in [1.165, 1.54) is 15.8 Å². The van der Waals surface area contributed by atoms with Crippen LogP contribution in [0.4, 0.5) is 5.69 Å². The molecule has 0 N–H and O–H groups in total. The van der Waals surface area contributed by atoms with Gasteiger partial charge in [-0.05, 0) is 97.7 Å². The Morgan fingerprint density at radius 3 is 2.53 bits per heavy atom. The molecule has 0 bridgehead atoms. The molecule has 1 heterocycles. The molecular weight excluding hydrogens is 603 g/mol. The zero-order chi connectivity index (χ0) is 23.7. The van der Waals surface area contributed by atoms with Gasteiger partial charge < -0.3 is 4.74 Å². The number of anilines is 1. The number of ether oxygens (including phenoxy) is 1. The van der Waals surface area contributed by atoms with E-state index in [-0.39, 0.29) is 5.91 Å². The third kappa shape index (κ3) is 4.52. The molecule has 0 atom stereocenters. The summed E-state index contributed by atoms with van der Waals surface area (Å²) in [6.45, 7) is 2.32. The van der Waals surface area contributed by atoms with E-state index in [4.69, 9.17) is 4.74 Å². The zero-order valence-electron chi connectivity index (χ0n) is 18.3. The molecule has 4 aromatic carbocycles. The molecule has 0 spiro atoms. The van der Waals surface area contributed by atoms with E-state index in [1.54, 1.807) is 0 Å². The van der Waals surface area contributed by atoms with Gasteiger partial charge in [0.2, 0.25) is 0 Å². The molecule has 1 aliphatic rings. The number of halogens is 2. The fourth-order valence-electron chi connectivity index (χ4n) is 3.96. The van der Waals surface area contributed by atoms with Crippen molar-refractivity contribution in [2.75, 3.05) is 5.01 Å². The number of benzene rings is 4. The lowest BCUT2D eigenvalue weighted by atomic mass is 10.1. The summed E-state index contributed by atoms with van der Waals surface area (Å²) >= 11 is 5.94. The Kier molecular flexibility index (Phi) is 6.52. The number of hydrogen-bond acceptors (Lipinski definition) is 3. The summed E-state index contributed by atoms with van der Waals surface area (Å²) in [7, 11) is 0. The van der Waals surface area contributed by atoms with Crippen molar-refractivity contribution in [3.63, 3.8) is 0 Å². The van der Waals surface area contributed by atoms with Crippen LogP contribution in [-0.4, -0.2) is 11.6 Å². The average Bonchev–Trinajstić information content (AvgIpc) is 3.12. The van der Waals surface area contributed by atoms with Gasteiger partial charge in [-0.3, -0.25) is 4.79 Å². The largest absolute Gasteiger partial charge is 0.487 e. The number of fused-ring (bicyclic) bond motifs is 1.